The van der Waals surface area contributed by atoms with Crippen molar-refractivity contribution in [1.82, 2.24) is 15.2 Å². The summed E-state index contributed by atoms with van der Waals surface area (Å²) in [6.07, 6.45) is -0.912. The molecule has 136 valence electrons. The van der Waals surface area contributed by atoms with E-state index < -0.39 is 6.23 Å². The van der Waals surface area contributed by atoms with Gasteiger partial charge in [-0.1, -0.05) is 64.9 Å². The number of thioether (sulfide) groups is 1. The van der Waals surface area contributed by atoms with E-state index in [1.807, 2.05) is 43.3 Å². The van der Waals surface area contributed by atoms with Gasteiger partial charge in [0.2, 0.25) is 23.0 Å². The van der Waals surface area contributed by atoms with Crippen LogP contribution in [-0.4, -0.2) is 32.9 Å². The molecule has 1 aromatic heterocycles. The molecule has 0 fully saturated rings. The molecule has 27 heavy (non-hydrogen) atoms. The number of rotatable bonds is 4. The molecule has 6 nitrogen and oxygen atoms in total. The SMILES string of the molecule is CCSc1nnc2c(n1)O[C@@H](C(=O)c1ccc(Br)cc1)Nc1ccccc1-2. The molecule has 1 aliphatic rings. The standard InChI is InChI=1S/C19H15BrN4O2S/c1-2-27-19-22-17-15(23-24-19)13-5-3-4-6-14(13)21-18(26-17)16(25)11-7-9-12(20)10-8-11/h3-10,18,21H,2H2,1H3/t18-/m0/s1. The Hall–Kier alpha value is -2.45. The lowest BCUT2D eigenvalue weighted by Crippen LogP contribution is -2.35. The summed E-state index contributed by atoms with van der Waals surface area (Å²) in [5.41, 5.74) is 2.61. The van der Waals surface area contributed by atoms with Crippen LogP contribution in [0.15, 0.2) is 58.2 Å². The molecule has 1 aliphatic heterocycles. The number of nitrogens with one attached hydrogen (secondary N) is 1. The van der Waals surface area contributed by atoms with Gasteiger partial charge in [-0.15, -0.1) is 10.2 Å². The molecule has 8 heteroatoms. The van der Waals surface area contributed by atoms with Crippen LogP contribution >= 0.6 is 27.7 Å². The van der Waals surface area contributed by atoms with Gasteiger partial charge in [0.25, 0.3) is 0 Å². The Bertz CT molecular complexity index is 997. The summed E-state index contributed by atoms with van der Waals surface area (Å²) in [7, 11) is 0. The van der Waals surface area contributed by atoms with Gasteiger partial charge in [0.15, 0.2) is 5.69 Å². The van der Waals surface area contributed by atoms with Crippen LogP contribution in [-0.2, 0) is 0 Å². The molecule has 0 radical (unpaired) electrons. The highest BCUT2D eigenvalue weighted by Gasteiger charge is 2.30. The summed E-state index contributed by atoms with van der Waals surface area (Å²) >= 11 is 4.85. The number of carbonyl (C=O) groups is 1. The number of ketones is 1. The molecule has 3 aromatic rings. The van der Waals surface area contributed by atoms with Gasteiger partial charge in [-0.05, 0) is 24.0 Å². The van der Waals surface area contributed by atoms with E-state index in [1.165, 1.54) is 11.8 Å². The number of hydrogen-bond donors (Lipinski definition) is 1. The summed E-state index contributed by atoms with van der Waals surface area (Å²) in [6.45, 7) is 2.01. The molecule has 0 saturated heterocycles. The fraction of sp³-hybridized carbons (Fsp3) is 0.158. The van der Waals surface area contributed by atoms with Crippen molar-refractivity contribution < 1.29 is 9.53 Å². The van der Waals surface area contributed by atoms with Gasteiger partial charge in [-0.3, -0.25) is 4.79 Å². The first-order valence-electron chi connectivity index (χ1n) is 8.35. The quantitative estimate of drug-likeness (QED) is 0.472. The van der Waals surface area contributed by atoms with Gasteiger partial charge in [-0.25, -0.2) is 0 Å². The molecule has 0 bridgehead atoms. The monoisotopic (exact) mass is 442 g/mol. The fourth-order valence-electron chi connectivity index (χ4n) is 2.72. The van der Waals surface area contributed by atoms with Crippen LogP contribution in [0.4, 0.5) is 5.69 Å². The van der Waals surface area contributed by atoms with Crippen LogP contribution in [0.2, 0.25) is 0 Å². The van der Waals surface area contributed by atoms with Crippen molar-refractivity contribution in [3.8, 4) is 17.1 Å². The molecule has 2 aromatic carbocycles. The molecule has 0 saturated carbocycles. The number of halogens is 1. The molecule has 1 atom stereocenters. The number of carbonyl (C=O) groups excluding carboxylic acids is 1. The van der Waals surface area contributed by atoms with Gasteiger partial charge in [0, 0.05) is 21.3 Å². The topological polar surface area (TPSA) is 77.0 Å². The minimum Gasteiger partial charge on any atom is -0.444 e. The minimum atomic E-state index is -0.912. The Morgan fingerprint density at radius 1 is 1.19 bits per heavy atom. The molecule has 0 unspecified atom stereocenters. The maximum absolute atomic E-state index is 13.0. The van der Waals surface area contributed by atoms with Crippen LogP contribution in [0.25, 0.3) is 11.3 Å². The number of benzene rings is 2. The summed E-state index contributed by atoms with van der Waals surface area (Å²) in [6, 6.07) is 14.7. The van der Waals surface area contributed by atoms with Crippen LogP contribution in [0.1, 0.15) is 17.3 Å². The number of Topliss-reactive ketones (excluding diaryl/α,β-unsaturated/α-hetero) is 1. The van der Waals surface area contributed by atoms with Gasteiger partial charge < -0.3 is 10.1 Å². The molecule has 4 rings (SSSR count). The van der Waals surface area contributed by atoms with E-state index in [0.29, 0.717) is 22.3 Å². The van der Waals surface area contributed by atoms with Crippen molar-refractivity contribution in [1.29, 1.82) is 0 Å². The van der Waals surface area contributed by atoms with Gasteiger partial charge in [-0.2, -0.15) is 4.98 Å². The van der Waals surface area contributed by atoms with Gasteiger partial charge in [0.05, 0.1) is 0 Å². The van der Waals surface area contributed by atoms with Crippen molar-refractivity contribution in [3.63, 3.8) is 0 Å². The fourth-order valence-corrected chi connectivity index (χ4v) is 3.49. The number of aromatic nitrogens is 3. The van der Waals surface area contributed by atoms with E-state index >= 15 is 0 Å². The second-order valence-corrected chi connectivity index (χ2v) is 7.89. The normalized spacial score (nSPS) is 15.0. The number of hydrogen-bond acceptors (Lipinski definition) is 7. The van der Waals surface area contributed by atoms with Crippen LogP contribution in [0.5, 0.6) is 5.88 Å². The second-order valence-electron chi connectivity index (χ2n) is 5.74. The number of para-hydroxylation sites is 1. The highest BCUT2D eigenvalue weighted by atomic mass is 79.9. The zero-order valence-electron chi connectivity index (χ0n) is 14.3. The van der Waals surface area contributed by atoms with E-state index in [-0.39, 0.29) is 5.78 Å². The average Bonchev–Trinajstić information content (AvgIpc) is 2.85. The number of ether oxygens (including phenoxy) is 1. The largest absolute Gasteiger partial charge is 0.444 e. The number of nitrogens with zero attached hydrogens (tertiary/aromatic N) is 3. The van der Waals surface area contributed by atoms with E-state index in [0.717, 1.165) is 21.5 Å². The average molecular weight is 443 g/mol. The minimum absolute atomic E-state index is 0.187. The molecule has 2 heterocycles. The van der Waals surface area contributed by atoms with Crippen molar-refractivity contribution in [2.45, 2.75) is 18.3 Å². The highest BCUT2D eigenvalue weighted by molar-refractivity contribution is 9.10. The lowest BCUT2D eigenvalue weighted by atomic mass is 10.1. The predicted octanol–water partition coefficient (Wildman–Crippen LogP) is 4.43. The van der Waals surface area contributed by atoms with Crippen molar-refractivity contribution in [3.05, 3.63) is 58.6 Å². The number of fused-ring (bicyclic) bond motifs is 3. The molecule has 0 aliphatic carbocycles. The maximum Gasteiger partial charge on any atom is 0.247 e. The summed E-state index contributed by atoms with van der Waals surface area (Å²) in [4.78, 5) is 17.5. The van der Waals surface area contributed by atoms with E-state index in [1.54, 1.807) is 12.1 Å². The van der Waals surface area contributed by atoms with Crippen molar-refractivity contribution in [2.24, 2.45) is 0 Å². The van der Waals surface area contributed by atoms with Gasteiger partial charge in [0.1, 0.15) is 0 Å². The zero-order valence-corrected chi connectivity index (χ0v) is 16.8. The van der Waals surface area contributed by atoms with E-state index in [9.17, 15) is 4.79 Å². The molecular formula is C19H15BrN4O2S. The first kappa shape index (κ1) is 17.9. The lowest BCUT2D eigenvalue weighted by molar-refractivity contribution is 0.0823. The smallest absolute Gasteiger partial charge is 0.247 e. The third-order valence-corrected chi connectivity index (χ3v) is 5.22. The molecule has 0 amide bonds. The van der Waals surface area contributed by atoms with Crippen molar-refractivity contribution >= 4 is 39.2 Å². The van der Waals surface area contributed by atoms with Gasteiger partial charge >= 0.3 is 0 Å². The summed E-state index contributed by atoms with van der Waals surface area (Å²) in [5.74, 6) is 0.929. The Balaban J connectivity index is 1.77. The van der Waals surface area contributed by atoms with Crippen LogP contribution in [0, 0.1) is 0 Å². The Morgan fingerprint density at radius 3 is 2.74 bits per heavy atom. The maximum atomic E-state index is 13.0. The first-order chi connectivity index (χ1) is 13.2. The molecular weight excluding hydrogens is 428 g/mol. The Kier molecular flexibility index (Phi) is 5.09. The summed E-state index contributed by atoms with van der Waals surface area (Å²) in [5, 5.41) is 12.2. The Labute approximate surface area is 168 Å². The molecule has 0 spiro atoms. The van der Waals surface area contributed by atoms with Crippen LogP contribution < -0.4 is 10.1 Å². The lowest BCUT2D eigenvalue weighted by Gasteiger charge is -2.17. The number of anilines is 1. The highest BCUT2D eigenvalue weighted by Crippen LogP contribution is 2.36. The van der Waals surface area contributed by atoms with E-state index in [2.05, 4.69) is 36.4 Å². The Morgan fingerprint density at radius 2 is 1.96 bits per heavy atom. The second kappa shape index (κ2) is 7.66. The third kappa shape index (κ3) is 3.68. The third-order valence-electron chi connectivity index (χ3n) is 3.97. The predicted molar refractivity (Wildman–Crippen MR) is 108 cm³/mol. The first-order valence-corrected chi connectivity index (χ1v) is 10.1. The summed E-state index contributed by atoms with van der Waals surface area (Å²) < 4.78 is 6.88. The van der Waals surface area contributed by atoms with E-state index in [4.69, 9.17) is 4.74 Å². The zero-order chi connectivity index (χ0) is 18.8. The molecule has 1 N–H and O–H groups in total. The van der Waals surface area contributed by atoms with Crippen LogP contribution in [0.3, 0.4) is 0 Å². The van der Waals surface area contributed by atoms with Crippen molar-refractivity contribution in [2.75, 3.05) is 11.1 Å².